The topological polar surface area (TPSA) is 38.2 Å². The smallest absolute Gasteiger partial charge is 0.217 e. The van der Waals surface area contributed by atoms with Crippen molar-refractivity contribution in [2.24, 2.45) is 5.92 Å². The van der Waals surface area contributed by atoms with Crippen molar-refractivity contribution >= 4 is 11.3 Å². The second kappa shape index (κ2) is 9.30. The van der Waals surface area contributed by atoms with Gasteiger partial charge in [0.2, 0.25) is 5.88 Å². The number of likely N-dealkylation sites (tertiary alicyclic amines) is 1. The summed E-state index contributed by atoms with van der Waals surface area (Å²) in [5.74, 6) is 1.56. The summed E-state index contributed by atoms with van der Waals surface area (Å²) in [7, 11) is 1.70. The van der Waals surface area contributed by atoms with Crippen LogP contribution < -0.4 is 4.74 Å². The molecule has 0 unspecified atom stereocenters. The Balaban J connectivity index is 1.30. The summed E-state index contributed by atoms with van der Waals surface area (Å²) in [5.41, 5.74) is 3.92. The number of piperidine rings is 1. The van der Waals surface area contributed by atoms with Crippen molar-refractivity contribution in [2.45, 2.75) is 32.2 Å². The molecule has 28 heavy (non-hydrogen) atoms. The molecule has 3 heterocycles. The van der Waals surface area contributed by atoms with Crippen LogP contribution in [0, 0.1) is 5.92 Å². The summed E-state index contributed by atoms with van der Waals surface area (Å²) in [6, 6.07) is 12.8. The van der Waals surface area contributed by atoms with Crippen LogP contribution in [-0.2, 0) is 13.0 Å². The molecular weight excluding hydrogens is 366 g/mol. The van der Waals surface area contributed by atoms with Crippen LogP contribution in [0.4, 0.5) is 0 Å². The van der Waals surface area contributed by atoms with Crippen LogP contribution in [0.1, 0.15) is 30.4 Å². The molecule has 0 radical (unpaired) electrons. The molecule has 1 aromatic carbocycles. The first kappa shape index (κ1) is 19.1. The highest BCUT2D eigenvalue weighted by Crippen LogP contribution is 2.29. The molecule has 0 bridgehead atoms. The van der Waals surface area contributed by atoms with E-state index in [2.05, 4.69) is 50.6 Å². The zero-order valence-corrected chi connectivity index (χ0v) is 17.2. The molecular formula is C23H27N3OS. The fraction of sp³-hybridized carbons (Fsp3) is 0.391. The molecule has 4 nitrogen and oxygen atoms in total. The molecule has 146 valence electrons. The van der Waals surface area contributed by atoms with Gasteiger partial charge in [-0.2, -0.15) is 0 Å². The Morgan fingerprint density at radius 1 is 1.04 bits per heavy atom. The van der Waals surface area contributed by atoms with E-state index in [1.807, 2.05) is 12.3 Å². The zero-order valence-electron chi connectivity index (χ0n) is 16.4. The van der Waals surface area contributed by atoms with Gasteiger partial charge in [-0.25, -0.2) is 9.97 Å². The van der Waals surface area contributed by atoms with E-state index in [4.69, 9.17) is 4.74 Å². The predicted molar refractivity (Wildman–Crippen MR) is 115 cm³/mol. The number of methoxy groups -OCH3 is 1. The van der Waals surface area contributed by atoms with E-state index in [-0.39, 0.29) is 0 Å². The number of rotatable bonds is 7. The number of aromatic nitrogens is 2. The third-order valence-corrected chi connectivity index (χ3v) is 6.45. The Kier molecular flexibility index (Phi) is 6.34. The third kappa shape index (κ3) is 4.59. The van der Waals surface area contributed by atoms with E-state index in [1.165, 1.54) is 36.0 Å². The minimum absolute atomic E-state index is 0.753. The summed E-state index contributed by atoms with van der Waals surface area (Å²) in [5, 5.41) is 3.19. The van der Waals surface area contributed by atoms with Crippen molar-refractivity contribution in [1.29, 1.82) is 0 Å². The van der Waals surface area contributed by atoms with Gasteiger partial charge in [0.15, 0.2) is 0 Å². The van der Waals surface area contributed by atoms with Gasteiger partial charge >= 0.3 is 0 Å². The molecule has 0 spiro atoms. The molecule has 0 saturated carbocycles. The summed E-state index contributed by atoms with van der Waals surface area (Å²) in [6.45, 7) is 3.23. The minimum Gasteiger partial charge on any atom is -0.481 e. The number of hydrogen-bond acceptors (Lipinski definition) is 5. The van der Waals surface area contributed by atoms with Crippen molar-refractivity contribution in [3.63, 3.8) is 0 Å². The van der Waals surface area contributed by atoms with Gasteiger partial charge in [0, 0.05) is 35.4 Å². The van der Waals surface area contributed by atoms with E-state index in [9.17, 15) is 0 Å². The first-order valence-corrected chi connectivity index (χ1v) is 10.9. The Labute approximate surface area is 171 Å². The molecule has 1 aliphatic rings. The average molecular weight is 394 g/mol. The Morgan fingerprint density at radius 2 is 1.86 bits per heavy atom. The van der Waals surface area contributed by atoms with Crippen LogP contribution in [0.2, 0.25) is 0 Å². The quantitative estimate of drug-likeness (QED) is 0.562. The van der Waals surface area contributed by atoms with Gasteiger partial charge in [-0.05, 0) is 56.3 Å². The third-order valence-electron chi connectivity index (χ3n) is 5.65. The molecule has 0 amide bonds. The van der Waals surface area contributed by atoms with Crippen molar-refractivity contribution in [3.8, 4) is 16.5 Å². The summed E-state index contributed by atoms with van der Waals surface area (Å²) in [6.07, 6.45) is 8.61. The van der Waals surface area contributed by atoms with Crippen LogP contribution in [0.5, 0.6) is 5.88 Å². The SMILES string of the molecule is COc1ncccc1CN1CCC(CCc2ccccc2-c2nccs2)CC1. The van der Waals surface area contributed by atoms with E-state index in [0.717, 1.165) is 42.9 Å². The standard InChI is InChI=1S/C23H27N3OS/c1-27-22-20(6-4-12-24-22)17-26-14-10-18(11-15-26)8-9-19-5-2-3-7-21(19)23-25-13-16-28-23/h2-7,12-13,16,18H,8-11,14-15,17H2,1H3. The van der Waals surface area contributed by atoms with E-state index < -0.39 is 0 Å². The highest BCUT2D eigenvalue weighted by Gasteiger charge is 2.20. The molecule has 1 saturated heterocycles. The summed E-state index contributed by atoms with van der Waals surface area (Å²) < 4.78 is 5.40. The first-order valence-electron chi connectivity index (χ1n) is 10.0. The van der Waals surface area contributed by atoms with Gasteiger partial charge in [-0.3, -0.25) is 4.90 Å². The fourth-order valence-corrected chi connectivity index (χ4v) is 4.76. The van der Waals surface area contributed by atoms with E-state index in [0.29, 0.717) is 0 Å². The molecule has 3 aromatic rings. The van der Waals surface area contributed by atoms with Crippen LogP contribution in [0.15, 0.2) is 54.2 Å². The largest absolute Gasteiger partial charge is 0.481 e. The van der Waals surface area contributed by atoms with Crippen molar-refractivity contribution in [2.75, 3.05) is 20.2 Å². The highest BCUT2D eigenvalue weighted by atomic mass is 32.1. The maximum Gasteiger partial charge on any atom is 0.217 e. The average Bonchev–Trinajstić information content (AvgIpc) is 3.29. The second-order valence-electron chi connectivity index (χ2n) is 7.42. The number of aryl methyl sites for hydroxylation is 1. The Hall–Kier alpha value is -2.24. The monoisotopic (exact) mass is 393 g/mol. The van der Waals surface area contributed by atoms with Crippen LogP contribution in [0.25, 0.3) is 10.6 Å². The van der Waals surface area contributed by atoms with Crippen molar-refractivity contribution < 1.29 is 4.74 Å². The summed E-state index contributed by atoms with van der Waals surface area (Å²) in [4.78, 5) is 11.3. The van der Waals surface area contributed by atoms with Gasteiger partial charge in [0.05, 0.1) is 7.11 Å². The molecule has 0 aliphatic carbocycles. The van der Waals surface area contributed by atoms with Gasteiger partial charge in [-0.15, -0.1) is 11.3 Å². The molecule has 2 aromatic heterocycles. The van der Waals surface area contributed by atoms with Gasteiger partial charge < -0.3 is 4.74 Å². The lowest BCUT2D eigenvalue weighted by Gasteiger charge is -2.32. The number of hydrogen-bond donors (Lipinski definition) is 0. The van der Waals surface area contributed by atoms with Gasteiger partial charge in [-0.1, -0.05) is 30.3 Å². The Bertz CT molecular complexity index is 873. The molecule has 0 atom stereocenters. The number of benzene rings is 1. The number of ether oxygens (including phenoxy) is 1. The predicted octanol–water partition coefficient (Wildman–Crippen LogP) is 5.06. The second-order valence-corrected chi connectivity index (χ2v) is 8.32. The van der Waals surface area contributed by atoms with Crippen LogP contribution in [0.3, 0.4) is 0 Å². The maximum absolute atomic E-state index is 5.40. The highest BCUT2D eigenvalue weighted by molar-refractivity contribution is 7.13. The van der Waals surface area contributed by atoms with Crippen molar-refractivity contribution in [1.82, 2.24) is 14.9 Å². The molecule has 1 aliphatic heterocycles. The molecule has 1 fully saturated rings. The maximum atomic E-state index is 5.40. The Morgan fingerprint density at radius 3 is 2.64 bits per heavy atom. The zero-order chi connectivity index (χ0) is 19.2. The van der Waals surface area contributed by atoms with Gasteiger partial charge in [0.1, 0.15) is 5.01 Å². The van der Waals surface area contributed by atoms with Crippen molar-refractivity contribution in [3.05, 3.63) is 65.3 Å². The lowest BCUT2D eigenvalue weighted by Crippen LogP contribution is -2.33. The van der Waals surface area contributed by atoms with E-state index >= 15 is 0 Å². The molecule has 5 heteroatoms. The van der Waals surface area contributed by atoms with Crippen LogP contribution in [-0.4, -0.2) is 35.1 Å². The van der Waals surface area contributed by atoms with E-state index in [1.54, 1.807) is 24.6 Å². The minimum atomic E-state index is 0.753. The lowest BCUT2D eigenvalue weighted by atomic mass is 9.89. The van der Waals surface area contributed by atoms with Crippen LogP contribution >= 0.6 is 11.3 Å². The summed E-state index contributed by atoms with van der Waals surface area (Å²) >= 11 is 1.72. The lowest BCUT2D eigenvalue weighted by molar-refractivity contribution is 0.170. The van der Waals surface area contributed by atoms with Gasteiger partial charge in [0.25, 0.3) is 0 Å². The first-order chi connectivity index (χ1) is 13.8. The molecule has 4 rings (SSSR count). The number of thiazole rings is 1. The number of pyridine rings is 1. The molecule has 0 N–H and O–H groups in total. The number of nitrogens with zero attached hydrogens (tertiary/aromatic N) is 3. The fourth-order valence-electron chi connectivity index (χ4n) is 4.07. The normalized spacial score (nSPS) is 15.6.